The molecule has 0 fully saturated rings. The van der Waals surface area contributed by atoms with Crippen LogP contribution in [0.5, 0.6) is 0 Å². The predicted molar refractivity (Wildman–Crippen MR) is 323 cm³/mol. The summed E-state index contributed by atoms with van der Waals surface area (Å²) in [5.41, 5.74) is 0. The Labute approximate surface area is 469 Å². The minimum atomic E-state index is -4.64. The van der Waals surface area contributed by atoms with Crippen LogP contribution in [-0.4, -0.2) is 70.0 Å². The highest BCUT2D eigenvalue weighted by Crippen LogP contribution is 2.38. The van der Waals surface area contributed by atoms with E-state index in [9.17, 15) is 19.0 Å². The molecule has 0 aromatic rings. The van der Waals surface area contributed by atoms with E-state index in [0.29, 0.717) is 23.9 Å². The second-order valence-corrected chi connectivity index (χ2v) is 23.8. The quantitative estimate of drug-likeness (QED) is 0.0195. The first-order valence-electron chi connectivity index (χ1n) is 31.6. The highest BCUT2D eigenvalue weighted by Gasteiger charge is 2.22. The maximum absolute atomic E-state index is 12.8. The number of carbonyl (C=O) groups is 2. The van der Waals surface area contributed by atoms with Gasteiger partial charge in [-0.1, -0.05) is 260 Å². The van der Waals surface area contributed by atoms with Gasteiger partial charge >= 0.3 is 11.9 Å². The third kappa shape index (κ3) is 60.7. The van der Waals surface area contributed by atoms with Crippen molar-refractivity contribution < 1.29 is 42.1 Å². The number of rotatable bonds is 58. The fraction of sp³-hybridized carbons (Fsp3) is 0.788. The lowest BCUT2D eigenvalue weighted by Crippen LogP contribution is -2.37. The maximum Gasteiger partial charge on any atom is 0.306 e. The van der Waals surface area contributed by atoms with Gasteiger partial charge < -0.3 is 27.9 Å². The standard InChI is InChI=1S/C66H120NO8P/c1-6-8-10-12-14-16-18-20-22-23-24-25-26-27-28-29-30-31-32-33-34-35-36-37-38-39-40-41-42-43-45-47-49-51-53-55-57-59-66(69)75-64(63-74-76(70,71)73-61-60-67(3,4)5)62-72-65(68)58-56-54-52-50-48-46-44-21-19-17-15-13-11-9-7-2/h8,10,14-17,20-22,24-25,44,64H,6-7,9,11-13,18-19,23,26-43,45-63H2,1-5H3/b10-8-,16-14-,17-15-,22-20-,25-24-,44-21-. The van der Waals surface area contributed by atoms with E-state index in [1.54, 1.807) is 0 Å². The molecule has 76 heavy (non-hydrogen) atoms. The average Bonchev–Trinajstić information content (AvgIpc) is 3.38. The Morgan fingerprint density at radius 1 is 0.421 bits per heavy atom. The van der Waals surface area contributed by atoms with Crippen molar-refractivity contribution in [3.8, 4) is 0 Å². The van der Waals surface area contributed by atoms with Crippen LogP contribution in [0.15, 0.2) is 72.9 Å². The van der Waals surface area contributed by atoms with E-state index in [1.807, 2.05) is 21.1 Å². The topological polar surface area (TPSA) is 111 Å². The SMILES string of the molecule is CC/C=C\C/C=C\C/C=C\C/C=C\CCCCCCCCCCCCCCCCCCCCCCCCCCC(=O)OC(COC(=O)CCCCCCC/C=C\C/C=C\CCCCC)COP(=O)([O-])OCC[N+](C)(C)C. The van der Waals surface area contributed by atoms with Crippen molar-refractivity contribution in [2.45, 2.75) is 290 Å². The van der Waals surface area contributed by atoms with Gasteiger partial charge in [-0.25, -0.2) is 0 Å². The summed E-state index contributed by atoms with van der Waals surface area (Å²) in [5.74, 6) is -0.840. The van der Waals surface area contributed by atoms with Crippen molar-refractivity contribution in [3.05, 3.63) is 72.9 Å². The number of allylic oxidation sites excluding steroid dienone is 12. The van der Waals surface area contributed by atoms with Crippen LogP contribution < -0.4 is 4.89 Å². The molecule has 0 saturated heterocycles. The maximum atomic E-state index is 12.8. The Kier molecular flexibility index (Phi) is 55.2. The number of quaternary nitrogens is 1. The molecule has 2 unspecified atom stereocenters. The molecule has 0 bridgehead atoms. The highest BCUT2D eigenvalue weighted by atomic mass is 31.2. The molecule has 0 aliphatic rings. The first-order chi connectivity index (χ1) is 37.0. The minimum absolute atomic E-state index is 0.0333. The number of phosphoric acid groups is 1. The molecule has 2 atom stereocenters. The van der Waals surface area contributed by atoms with Gasteiger partial charge in [0.1, 0.15) is 19.8 Å². The Morgan fingerprint density at radius 2 is 0.750 bits per heavy atom. The summed E-state index contributed by atoms with van der Waals surface area (Å²) in [4.78, 5) is 37.9. The van der Waals surface area contributed by atoms with Gasteiger partial charge in [-0.05, 0) is 83.5 Å². The number of nitrogens with zero attached hydrogens (tertiary/aromatic N) is 1. The van der Waals surface area contributed by atoms with E-state index in [4.69, 9.17) is 18.5 Å². The average molecular weight is 1090 g/mol. The molecular formula is C66H120NO8P. The number of hydrogen-bond donors (Lipinski definition) is 0. The molecule has 0 amide bonds. The zero-order chi connectivity index (χ0) is 55.6. The molecule has 0 heterocycles. The molecule has 0 aliphatic heterocycles. The number of esters is 2. The van der Waals surface area contributed by atoms with Crippen molar-refractivity contribution in [2.75, 3.05) is 47.5 Å². The van der Waals surface area contributed by atoms with Gasteiger partial charge in [-0.3, -0.25) is 14.2 Å². The lowest BCUT2D eigenvalue weighted by Gasteiger charge is -2.28. The van der Waals surface area contributed by atoms with E-state index < -0.39 is 32.5 Å². The molecule has 0 aliphatic carbocycles. The van der Waals surface area contributed by atoms with Crippen LogP contribution in [0.4, 0.5) is 0 Å². The smallest absolute Gasteiger partial charge is 0.306 e. The van der Waals surface area contributed by atoms with Gasteiger partial charge in [0, 0.05) is 12.8 Å². The van der Waals surface area contributed by atoms with Crippen LogP contribution in [0.1, 0.15) is 284 Å². The Bertz CT molecular complexity index is 1510. The molecular weight excluding hydrogens is 966 g/mol. The number of unbranched alkanes of at least 4 members (excludes halogenated alkanes) is 32. The fourth-order valence-electron chi connectivity index (χ4n) is 8.86. The summed E-state index contributed by atoms with van der Waals surface area (Å²) >= 11 is 0. The lowest BCUT2D eigenvalue weighted by atomic mass is 10.0. The summed E-state index contributed by atoms with van der Waals surface area (Å²) < 4.78 is 34.2. The van der Waals surface area contributed by atoms with E-state index in [1.165, 1.54) is 161 Å². The monoisotopic (exact) mass is 1090 g/mol. The molecule has 0 saturated carbocycles. The van der Waals surface area contributed by atoms with Crippen molar-refractivity contribution in [1.29, 1.82) is 0 Å². The molecule has 0 aromatic carbocycles. The van der Waals surface area contributed by atoms with E-state index in [-0.39, 0.29) is 26.1 Å². The van der Waals surface area contributed by atoms with E-state index in [2.05, 4.69) is 86.8 Å². The summed E-state index contributed by atoms with van der Waals surface area (Å²) in [6.07, 6.45) is 75.5. The van der Waals surface area contributed by atoms with Gasteiger partial charge in [0.15, 0.2) is 6.10 Å². The normalized spacial score (nSPS) is 13.7. The molecule has 0 spiro atoms. The molecule has 0 N–H and O–H groups in total. The van der Waals surface area contributed by atoms with Gasteiger partial charge in [0.05, 0.1) is 27.7 Å². The van der Waals surface area contributed by atoms with Crippen LogP contribution in [0, 0.1) is 0 Å². The van der Waals surface area contributed by atoms with Gasteiger partial charge in [-0.2, -0.15) is 0 Å². The Morgan fingerprint density at radius 3 is 1.12 bits per heavy atom. The Hall–Kier alpha value is -2.55. The van der Waals surface area contributed by atoms with Crippen LogP contribution in [0.25, 0.3) is 0 Å². The van der Waals surface area contributed by atoms with Crippen molar-refractivity contribution in [1.82, 2.24) is 0 Å². The summed E-state index contributed by atoms with van der Waals surface area (Å²) in [7, 11) is 1.16. The zero-order valence-corrected chi connectivity index (χ0v) is 51.1. The molecule has 442 valence electrons. The summed E-state index contributed by atoms with van der Waals surface area (Å²) in [5, 5.41) is 0. The van der Waals surface area contributed by atoms with Crippen LogP contribution in [0.3, 0.4) is 0 Å². The van der Waals surface area contributed by atoms with Gasteiger partial charge in [-0.15, -0.1) is 0 Å². The third-order valence-corrected chi connectivity index (χ3v) is 14.7. The molecule has 0 aromatic heterocycles. The lowest BCUT2D eigenvalue weighted by molar-refractivity contribution is -0.870. The second kappa shape index (κ2) is 57.1. The first-order valence-corrected chi connectivity index (χ1v) is 33.1. The number of likely N-dealkylation sites (N-methyl/N-ethyl adjacent to an activating group) is 1. The summed E-state index contributed by atoms with van der Waals surface area (Å²) in [6, 6.07) is 0. The molecule has 9 nitrogen and oxygen atoms in total. The number of carbonyl (C=O) groups excluding carboxylic acids is 2. The number of phosphoric ester groups is 1. The van der Waals surface area contributed by atoms with Crippen LogP contribution >= 0.6 is 7.82 Å². The Balaban J connectivity index is 3.95. The fourth-order valence-corrected chi connectivity index (χ4v) is 9.58. The van der Waals surface area contributed by atoms with E-state index in [0.717, 1.165) is 83.5 Å². The van der Waals surface area contributed by atoms with Crippen molar-refractivity contribution in [3.63, 3.8) is 0 Å². The second-order valence-electron chi connectivity index (χ2n) is 22.4. The van der Waals surface area contributed by atoms with E-state index >= 15 is 0 Å². The van der Waals surface area contributed by atoms with Crippen molar-refractivity contribution in [2.24, 2.45) is 0 Å². The highest BCUT2D eigenvalue weighted by molar-refractivity contribution is 7.45. The van der Waals surface area contributed by atoms with Gasteiger partial charge in [0.25, 0.3) is 7.82 Å². The predicted octanol–water partition coefficient (Wildman–Crippen LogP) is 19.4. The molecule has 10 heteroatoms. The van der Waals surface area contributed by atoms with Crippen molar-refractivity contribution >= 4 is 19.8 Å². The molecule has 0 radical (unpaired) electrons. The zero-order valence-electron chi connectivity index (χ0n) is 50.2. The third-order valence-electron chi connectivity index (χ3n) is 13.7. The first kappa shape index (κ1) is 73.5. The number of hydrogen-bond acceptors (Lipinski definition) is 8. The largest absolute Gasteiger partial charge is 0.756 e. The minimum Gasteiger partial charge on any atom is -0.756 e. The van der Waals surface area contributed by atoms with Crippen LogP contribution in [-0.2, 0) is 32.7 Å². The van der Waals surface area contributed by atoms with Gasteiger partial charge in [0.2, 0.25) is 0 Å². The van der Waals surface area contributed by atoms with Crippen LogP contribution in [0.2, 0.25) is 0 Å². The summed E-state index contributed by atoms with van der Waals surface area (Å²) in [6.45, 7) is 4.11. The number of ether oxygens (including phenoxy) is 2. The molecule has 0 rings (SSSR count).